The Kier molecular flexibility index (Phi) is 4.00. The molecule has 19 heavy (non-hydrogen) atoms. The molecule has 1 saturated heterocycles. The van der Waals surface area contributed by atoms with E-state index in [1.165, 1.54) is 10.4 Å². The van der Waals surface area contributed by atoms with E-state index in [0.29, 0.717) is 32.0 Å². The Morgan fingerprint density at radius 3 is 2.79 bits per heavy atom. The first-order valence-electron chi connectivity index (χ1n) is 6.22. The minimum absolute atomic E-state index is 0.00421. The number of nitrogens with one attached hydrogen (secondary N) is 1. The molecule has 6 nitrogen and oxygen atoms in total. The third-order valence-electron chi connectivity index (χ3n) is 2.97. The third-order valence-corrected chi connectivity index (χ3v) is 4.69. The van der Waals surface area contributed by atoms with Crippen LogP contribution < -0.4 is 5.32 Å². The van der Waals surface area contributed by atoms with Gasteiger partial charge in [-0.3, -0.25) is 0 Å². The van der Waals surface area contributed by atoms with Crippen molar-refractivity contribution in [3.05, 3.63) is 17.9 Å². The number of nitrogens with zero attached hydrogens (tertiary/aromatic N) is 1. The Balaban J connectivity index is 2.21. The van der Waals surface area contributed by atoms with E-state index in [0.717, 1.165) is 0 Å². The number of ether oxygens (including phenoxy) is 1. The van der Waals surface area contributed by atoms with Crippen molar-refractivity contribution in [2.75, 3.05) is 26.7 Å². The number of hydrogen-bond donors (Lipinski definition) is 1. The van der Waals surface area contributed by atoms with Crippen LogP contribution in [0.5, 0.6) is 0 Å². The fraction of sp³-hybridized carbons (Fsp3) is 0.667. The van der Waals surface area contributed by atoms with Crippen molar-refractivity contribution in [3.63, 3.8) is 0 Å². The Morgan fingerprint density at radius 1 is 1.42 bits per heavy atom. The quantitative estimate of drug-likeness (QED) is 0.887. The molecule has 0 saturated carbocycles. The molecule has 7 heteroatoms. The largest absolute Gasteiger partial charge is 0.447 e. The van der Waals surface area contributed by atoms with Crippen molar-refractivity contribution in [3.8, 4) is 0 Å². The van der Waals surface area contributed by atoms with Gasteiger partial charge in [-0.25, -0.2) is 8.42 Å². The van der Waals surface area contributed by atoms with Crippen LogP contribution in [0.25, 0.3) is 0 Å². The second-order valence-electron chi connectivity index (χ2n) is 5.20. The molecule has 2 heterocycles. The fourth-order valence-electron chi connectivity index (χ4n) is 2.07. The highest BCUT2D eigenvalue weighted by Gasteiger charge is 2.36. The number of morpholine rings is 1. The summed E-state index contributed by atoms with van der Waals surface area (Å²) < 4.78 is 37.2. The van der Waals surface area contributed by atoms with Crippen LogP contribution in [0.1, 0.15) is 19.6 Å². The van der Waals surface area contributed by atoms with Crippen LogP contribution >= 0.6 is 0 Å². The number of sulfonamides is 1. The van der Waals surface area contributed by atoms with Crippen LogP contribution in [-0.4, -0.2) is 45.1 Å². The van der Waals surface area contributed by atoms with Gasteiger partial charge in [0, 0.05) is 13.1 Å². The molecule has 0 bridgehead atoms. The summed E-state index contributed by atoms with van der Waals surface area (Å²) in [6.07, 6.45) is 0. The molecule has 108 valence electrons. The Bertz CT molecular complexity index is 536. The minimum Gasteiger partial charge on any atom is -0.447 e. The molecule has 1 fully saturated rings. The molecular weight excluding hydrogens is 268 g/mol. The summed E-state index contributed by atoms with van der Waals surface area (Å²) in [5.74, 6) is 0.605. The van der Waals surface area contributed by atoms with E-state index in [1.807, 2.05) is 13.8 Å². The van der Waals surface area contributed by atoms with Gasteiger partial charge in [0.2, 0.25) is 5.09 Å². The summed E-state index contributed by atoms with van der Waals surface area (Å²) in [6.45, 7) is 5.35. The summed E-state index contributed by atoms with van der Waals surface area (Å²) in [7, 11) is -1.79. The third kappa shape index (κ3) is 3.17. The molecule has 1 aliphatic rings. The zero-order valence-electron chi connectivity index (χ0n) is 11.5. The average molecular weight is 288 g/mol. The average Bonchev–Trinajstić information content (AvgIpc) is 2.77. The van der Waals surface area contributed by atoms with Gasteiger partial charge in [-0.1, -0.05) is 0 Å². The van der Waals surface area contributed by atoms with Crippen LogP contribution in [0.15, 0.2) is 21.6 Å². The molecular formula is C12H20N2O4S. The predicted molar refractivity (Wildman–Crippen MR) is 70.3 cm³/mol. The van der Waals surface area contributed by atoms with Crippen molar-refractivity contribution >= 4 is 10.0 Å². The second-order valence-corrected chi connectivity index (χ2v) is 7.07. The molecule has 0 aliphatic carbocycles. The van der Waals surface area contributed by atoms with Crippen molar-refractivity contribution in [1.29, 1.82) is 0 Å². The fourth-order valence-corrected chi connectivity index (χ4v) is 3.57. The lowest BCUT2D eigenvalue weighted by atomic mass is 10.1. The van der Waals surface area contributed by atoms with Crippen LogP contribution in [0.4, 0.5) is 0 Å². The van der Waals surface area contributed by atoms with Gasteiger partial charge >= 0.3 is 0 Å². The first-order chi connectivity index (χ1) is 8.85. The number of hydrogen-bond acceptors (Lipinski definition) is 5. The number of furan rings is 1. The van der Waals surface area contributed by atoms with E-state index in [9.17, 15) is 8.42 Å². The summed E-state index contributed by atoms with van der Waals surface area (Å²) >= 11 is 0. The van der Waals surface area contributed by atoms with Gasteiger partial charge in [0.25, 0.3) is 10.0 Å². The Labute approximate surface area is 113 Å². The van der Waals surface area contributed by atoms with E-state index in [4.69, 9.17) is 9.15 Å². The normalized spacial score (nSPS) is 20.6. The van der Waals surface area contributed by atoms with Crippen LogP contribution in [0.2, 0.25) is 0 Å². The second kappa shape index (κ2) is 5.24. The molecule has 1 aliphatic heterocycles. The van der Waals surface area contributed by atoms with Gasteiger partial charge in [0.1, 0.15) is 5.76 Å². The lowest BCUT2D eigenvalue weighted by Gasteiger charge is -2.36. The highest BCUT2D eigenvalue weighted by Crippen LogP contribution is 2.24. The van der Waals surface area contributed by atoms with Crippen molar-refractivity contribution in [2.45, 2.75) is 31.1 Å². The monoisotopic (exact) mass is 288 g/mol. The van der Waals surface area contributed by atoms with E-state index in [2.05, 4.69) is 5.32 Å². The molecule has 0 radical (unpaired) electrons. The number of rotatable bonds is 4. The molecule has 0 unspecified atom stereocenters. The highest BCUT2D eigenvalue weighted by molar-refractivity contribution is 7.89. The topological polar surface area (TPSA) is 71.8 Å². The minimum atomic E-state index is -3.57. The zero-order valence-corrected chi connectivity index (χ0v) is 12.3. The van der Waals surface area contributed by atoms with Gasteiger partial charge in [-0.05, 0) is 33.0 Å². The maximum atomic E-state index is 12.4. The first-order valence-corrected chi connectivity index (χ1v) is 7.66. The molecule has 0 atom stereocenters. The summed E-state index contributed by atoms with van der Waals surface area (Å²) in [5, 5.41) is 2.92. The molecule has 0 aromatic carbocycles. The Morgan fingerprint density at radius 2 is 2.16 bits per heavy atom. The molecule has 1 N–H and O–H groups in total. The summed E-state index contributed by atoms with van der Waals surface area (Å²) in [5.41, 5.74) is -0.467. The van der Waals surface area contributed by atoms with Crippen molar-refractivity contribution < 1.29 is 17.6 Å². The van der Waals surface area contributed by atoms with Gasteiger partial charge < -0.3 is 14.5 Å². The first kappa shape index (κ1) is 14.5. The van der Waals surface area contributed by atoms with Crippen molar-refractivity contribution in [1.82, 2.24) is 9.62 Å². The standard InChI is InChI=1S/C12H20N2O4S/c1-12(2)9-14(6-7-17-12)19(15,16)11-5-4-10(18-11)8-13-3/h4-5,13H,6-9H2,1-3H3. The summed E-state index contributed by atoms with van der Waals surface area (Å²) in [4.78, 5) is 0. The molecule has 1 aromatic heterocycles. The Hall–Kier alpha value is -0.890. The van der Waals surface area contributed by atoms with Gasteiger partial charge in [-0.15, -0.1) is 0 Å². The van der Waals surface area contributed by atoms with Crippen LogP contribution in [-0.2, 0) is 21.3 Å². The maximum Gasteiger partial charge on any atom is 0.276 e. The highest BCUT2D eigenvalue weighted by atomic mass is 32.2. The predicted octanol–water partition coefficient (Wildman–Crippen LogP) is 0.798. The summed E-state index contributed by atoms with van der Waals surface area (Å²) in [6, 6.07) is 3.18. The van der Waals surface area contributed by atoms with Gasteiger partial charge in [0.05, 0.1) is 18.8 Å². The maximum absolute atomic E-state index is 12.4. The lowest BCUT2D eigenvalue weighted by molar-refractivity contribution is -0.0642. The SMILES string of the molecule is CNCc1ccc(S(=O)(=O)N2CCOC(C)(C)C2)o1. The van der Waals surface area contributed by atoms with E-state index in [1.54, 1.807) is 13.1 Å². The van der Waals surface area contributed by atoms with E-state index >= 15 is 0 Å². The lowest BCUT2D eigenvalue weighted by Crippen LogP contribution is -2.50. The molecule has 0 spiro atoms. The van der Waals surface area contributed by atoms with E-state index in [-0.39, 0.29) is 5.09 Å². The molecule has 0 amide bonds. The smallest absolute Gasteiger partial charge is 0.276 e. The molecule has 2 rings (SSSR count). The molecule has 1 aromatic rings. The zero-order chi connectivity index (χ0) is 14.1. The van der Waals surface area contributed by atoms with Gasteiger partial charge in [-0.2, -0.15) is 4.31 Å². The van der Waals surface area contributed by atoms with Crippen molar-refractivity contribution in [2.24, 2.45) is 0 Å². The van der Waals surface area contributed by atoms with E-state index < -0.39 is 15.6 Å². The van der Waals surface area contributed by atoms with Crippen LogP contribution in [0.3, 0.4) is 0 Å². The van der Waals surface area contributed by atoms with Gasteiger partial charge in [0.15, 0.2) is 0 Å². The van der Waals surface area contributed by atoms with Crippen LogP contribution in [0, 0.1) is 0 Å².